The molecule has 2 rings (SSSR count). The zero-order valence-electron chi connectivity index (χ0n) is 9.99. The van der Waals surface area contributed by atoms with E-state index in [9.17, 15) is 0 Å². The molecule has 1 nitrogen and oxygen atoms in total. The van der Waals surface area contributed by atoms with Crippen molar-refractivity contribution in [2.24, 2.45) is 17.8 Å². The molecule has 3 atom stereocenters. The van der Waals surface area contributed by atoms with Crippen molar-refractivity contribution in [3.8, 4) is 0 Å². The third kappa shape index (κ3) is 3.13. The summed E-state index contributed by atoms with van der Waals surface area (Å²) in [6.45, 7) is 2.63. The summed E-state index contributed by atoms with van der Waals surface area (Å²) in [7, 11) is 2.30. The maximum absolute atomic E-state index is 4.26. The molecule has 0 aliphatic heterocycles. The summed E-state index contributed by atoms with van der Waals surface area (Å²) in [5.74, 6) is 4.26. The van der Waals surface area contributed by atoms with Gasteiger partial charge in [0.15, 0.2) is 0 Å². The fraction of sp³-hybridized carbons (Fsp3) is 1.00. The largest absolute Gasteiger partial charge is 0.306 e. The van der Waals surface area contributed by atoms with Gasteiger partial charge in [-0.1, -0.05) is 6.42 Å². The minimum atomic E-state index is 1.03. The standard InChI is InChI=1S/C13H25NS/c1-14(6-2-3-7-15)10-13-9-11-4-5-12(13)8-11/h11-13,15H,2-10H2,1H3. The third-order valence-electron chi connectivity index (χ3n) is 4.38. The lowest BCUT2D eigenvalue weighted by Gasteiger charge is -2.27. The summed E-state index contributed by atoms with van der Waals surface area (Å²) in [6, 6.07) is 0. The first-order valence-electron chi connectivity index (χ1n) is 6.59. The second-order valence-corrected chi connectivity index (χ2v) is 6.08. The molecule has 2 bridgehead atoms. The number of hydrogen-bond donors (Lipinski definition) is 1. The lowest BCUT2D eigenvalue weighted by atomic mass is 9.88. The van der Waals surface area contributed by atoms with Gasteiger partial charge in [0.1, 0.15) is 0 Å². The summed E-state index contributed by atoms with van der Waals surface area (Å²) >= 11 is 4.26. The molecule has 0 aromatic carbocycles. The molecule has 0 aromatic heterocycles. The maximum atomic E-state index is 4.26. The first kappa shape index (κ1) is 11.8. The Bertz CT molecular complexity index is 195. The van der Waals surface area contributed by atoms with Crippen LogP contribution < -0.4 is 0 Å². The monoisotopic (exact) mass is 227 g/mol. The number of rotatable bonds is 6. The minimum Gasteiger partial charge on any atom is -0.306 e. The molecular formula is C13H25NS. The van der Waals surface area contributed by atoms with Gasteiger partial charge in [0.25, 0.3) is 0 Å². The number of fused-ring (bicyclic) bond motifs is 2. The molecule has 0 N–H and O–H groups in total. The van der Waals surface area contributed by atoms with E-state index < -0.39 is 0 Å². The summed E-state index contributed by atoms with van der Waals surface area (Å²) in [5.41, 5.74) is 0. The smallest absolute Gasteiger partial charge is 0.000936 e. The maximum Gasteiger partial charge on any atom is 0.000936 e. The Kier molecular flexibility index (Phi) is 4.39. The highest BCUT2D eigenvalue weighted by Gasteiger charge is 2.39. The molecule has 2 aliphatic rings. The number of unbranched alkanes of at least 4 members (excludes halogenated alkanes) is 1. The third-order valence-corrected chi connectivity index (χ3v) is 4.69. The zero-order chi connectivity index (χ0) is 10.7. The van der Waals surface area contributed by atoms with Gasteiger partial charge in [-0.25, -0.2) is 0 Å². The van der Waals surface area contributed by atoms with Crippen molar-refractivity contribution in [2.75, 3.05) is 25.9 Å². The van der Waals surface area contributed by atoms with Crippen molar-refractivity contribution < 1.29 is 0 Å². The van der Waals surface area contributed by atoms with E-state index in [1.807, 2.05) is 0 Å². The normalized spacial score (nSPS) is 34.2. The highest BCUT2D eigenvalue weighted by Crippen LogP contribution is 2.48. The van der Waals surface area contributed by atoms with E-state index in [4.69, 9.17) is 0 Å². The van der Waals surface area contributed by atoms with Gasteiger partial charge >= 0.3 is 0 Å². The van der Waals surface area contributed by atoms with E-state index in [2.05, 4.69) is 24.6 Å². The topological polar surface area (TPSA) is 3.24 Å². The molecule has 0 aromatic rings. The van der Waals surface area contributed by atoms with Crippen LogP contribution in [0.25, 0.3) is 0 Å². The number of thiol groups is 1. The first-order valence-corrected chi connectivity index (χ1v) is 7.22. The Hall–Kier alpha value is 0.310. The highest BCUT2D eigenvalue weighted by molar-refractivity contribution is 7.80. The van der Waals surface area contributed by atoms with E-state index in [-0.39, 0.29) is 0 Å². The van der Waals surface area contributed by atoms with Gasteiger partial charge in [-0.3, -0.25) is 0 Å². The first-order chi connectivity index (χ1) is 7.29. The molecule has 2 fully saturated rings. The molecule has 88 valence electrons. The summed E-state index contributed by atoms with van der Waals surface area (Å²) in [5, 5.41) is 0. The van der Waals surface area contributed by atoms with Crippen molar-refractivity contribution >= 4 is 12.6 Å². The van der Waals surface area contributed by atoms with Crippen molar-refractivity contribution in [2.45, 2.75) is 38.5 Å². The number of hydrogen-bond acceptors (Lipinski definition) is 2. The van der Waals surface area contributed by atoms with E-state index in [1.165, 1.54) is 45.2 Å². The molecule has 0 spiro atoms. The molecule has 2 aliphatic carbocycles. The molecular weight excluding hydrogens is 202 g/mol. The SMILES string of the molecule is CN(CCCCS)CC1CC2CCC1C2. The van der Waals surface area contributed by atoms with Crippen molar-refractivity contribution in [1.82, 2.24) is 4.90 Å². The molecule has 0 heterocycles. The van der Waals surface area contributed by atoms with Crippen molar-refractivity contribution in [1.29, 1.82) is 0 Å². The molecule has 3 unspecified atom stereocenters. The van der Waals surface area contributed by atoms with Crippen LogP contribution in [-0.4, -0.2) is 30.8 Å². The van der Waals surface area contributed by atoms with Gasteiger partial charge < -0.3 is 4.90 Å². The van der Waals surface area contributed by atoms with Crippen LogP contribution in [0, 0.1) is 17.8 Å². The zero-order valence-corrected chi connectivity index (χ0v) is 10.9. The molecule has 0 radical (unpaired) electrons. The number of nitrogens with zero attached hydrogens (tertiary/aromatic N) is 1. The molecule has 15 heavy (non-hydrogen) atoms. The lowest BCUT2D eigenvalue weighted by Crippen LogP contribution is -2.29. The molecule has 2 saturated carbocycles. The Balaban J connectivity index is 1.64. The Morgan fingerprint density at radius 3 is 2.67 bits per heavy atom. The van der Waals surface area contributed by atoms with Crippen LogP contribution in [0.15, 0.2) is 0 Å². The predicted molar refractivity (Wildman–Crippen MR) is 69.5 cm³/mol. The average Bonchev–Trinajstić information content (AvgIpc) is 2.79. The van der Waals surface area contributed by atoms with Crippen LogP contribution in [0.1, 0.15) is 38.5 Å². The van der Waals surface area contributed by atoms with Gasteiger partial charge in [-0.15, -0.1) is 0 Å². The van der Waals surface area contributed by atoms with Crippen LogP contribution in [0.2, 0.25) is 0 Å². The minimum absolute atomic E-state index is 1.03. The fourth-order valence-corrected chi connectivity index (χ4v) is 3.81. The van der Waals surface area contributed by atoms with Gasteiger partial charge in [0.05, 0.1) is 0 Å². The van der Waals surface area contributed by atoms with Gasteiger partial charge in [-0.05, 0) is 69.2 Å². The molecule has 0 amide bonds. The lowest BCUT2D eigenvalue weighted by molar-refractivity contribution is 0.218. The van der Waals surface area contributed by atoms with Gasteiger partial charge in [0, 0.05) is 6.54 Å². The fourth-order valence-electron chi connectivity index (χ4n) is 3.59. The highest BCUT2D eigenvalue weighted by atomic mass is 32.1. The van der Waals surface area contributed by atoms with Crippen LogP contribution in [0.5, 0.6) is 0 Å². The van der Waals surface area contributed by atoms with Gasteiger partial charge in [0.2, 0.25) is 0 Å². The molecule has 0 saturated heterocycles. The van der Waals surface area contributed by atoms with Crippen molar-refractivity contribution in [3.63, 3.8) is 0 Å². The second kappa shape index (κ2) is 5.58. The predicted octanol–water partition coefficient (Wildman–Crippen LogP) is 3.06. The summed E-state index contributed by atoms with van der Waals surface area (Å²) in [6.07, 6.45) is 8.73. The summed E-state index contributed by atoms with van der Waals surface area (Å²) < 4.78 is 0. The van der Waals surface area contributed by atoms with Gasteiger partial charge in [-0.2, -0.15) is 12.6 Å². The van der Waals surface area contributed by atoms with Crippen LogP contribution in [-0.2, 0) is 0 Å². The van der Waals surface area contributed by atoms with E-state index >= 15 is 0 Å². The average molecular weight is 227 g/mol. The van der Waals surface area contributed by atoms with E-state index in [0.717, 1.165) is 23.5 Å². The van der Waals surface area contributed by atoms with E-state index in [1.54, 1.807) is 6.42 Å². The quantitative estimate of drug-likeness (QED) is 0.539. The Labute approximate surface area is 100 Å². The van der Waals surface area contributed by atoms with Crippen LogP contribution in [0.3, 0.4) is 0 Å². The van der Waals surface area contributed by atoms with Crippen molar-refractivity contribution in [3.05, 3.63) is 0 Å². The summed E-state index contributed by atoms with van der Waals surface area (Å²) in [4.78, 5) is 2.55. The van der Waals surface area contributed by atoms with E-state index in [0.29, 0.717) is 0 Å². The van der Waals surface area contributed by atoms with Crippen LogP contribution in [0.4, 0.5) is 0 Å². The second-order valence-electron chi connectivity index (χ2n) is 5.63. The van der Waals surface area contributed by atoms with Crippen LogP contribution >= 0.6 is 12.6 Å². The molecule has 2 heteroatoms. The Morgan fingerprint density at radius 1 is 1.20 bits per heavy atom. The Morgan fingerprint density at radius 2 is 2.07 bits per heavy atom.